The highest BCUT2D eigenvalue weighted by Crippen LogP contribution is 2.11. The van der Waals surface area contributed by atoms with Crippen LogP contribution in [0.15, 0.2) is 84.9 Å². The molecule has 0 aliphatic carbocycles. The lowest BCUT2D eigenvalue weighted by Gasteiger charge is -2.23. The maximum atomic E-state index is 13.4. The Kier molecular flexibility index (Phi) is 6.15. The quantitative estimate of drug-likeness (QED) is 0.610. The van der Waals surface area contributed by atoms with Gasteiger partial charge in [0.15, 0.2) is 0 Å². The number of nitrogens with zero attached hydrogens (tertiary/aromatic N) is 1. The van der Waals surface area contributed by atoms with Crippen LogP contribution >= 0.6 is 0 Å². The van der Waals surface area contributed by atoms with Crippen molar-refractivity contribution in [3.05, 3.63) is 107 Å². The molecule has 0 spiro atoms. The van der Waals surface area contributed by atoms with Gasteiger partial charge in [0.25, 0.3) is 0 Å². The first-order chi connectivity index (χ1) is 12.7. The third-order valence-corrected chi connectivity index (χ3v) is 4.33. The van der Waals surface area contributed by atoms with Gasteiger partial charge in [0.05, 0.1) is 6.42 Å². The van der Waals surface area contributed by atoms with Crippen molar-refractivity contribution in [2.45, 2.75) is 19.4 Å². The second-order valence-electron chi connectivity index (χ2n) is 6.34. The summed E-state index contributed by atoms with van der Waals surface area (Å²) in [6, 6.07) is 26.3. The van der Waals surface area contributed by atoms with Gasteiger partial charge < -0.3 is 4.90 Å². The highest BCUT2D eigenvalue weighted by Gasteiger charge is 2.15. The average Bonchev–Trinajstić information content (AvgIpc) is 2.66. The molecule has 0 aliphatic heterocycles. The Morgan fingerprint density at radius 1 is 0.769 bits per heavy atom. The number of benzene rings is 3. The highest BCUT2D eigenvalue weighted by molar-refractivity contribution is 5.78. The molecule has 0 saturated carbocycles. The number of hydrogen-bond donors (Lipinski definition) is 0. The van der Waals surface area contributed by atoms with Crippen LogP contribution in [-0.4, -0.2) is 17.4 Å². The third-order valence-electron chi connectivity index (χ3n) is 4.33. The summed E-state index contributed by atoms with van der Waals surface area (Å²) in [4.78, 5) is 14.7. The molecule has 3 heteroatoms. The van der Waals surface area contributed by atoms with Crippen molar-refractivity contribution in [3.63, 3.8) is 0 Å². The molecule has 1 amide bonds. The van der Waals surface area contributed by atoms with Gasteiger partial charge in [0.2, 0.25) is 5.91 Å². The van der Waals surface area contributed by atoms with Crippen LogP contribution in [-0.2, 0) is 24.2 Å². The topological polar surface area (TPSA) is 20.3 Å². The number of halogens is 1. The zero-order valence-electron chi connectivity index (χ0n) is 14.6. The van der Waals surface area contributed by atoms with E-state index in [-0.39, 0.29) is 18.1 Å². The second-order valence-corrected chi connectivity index (χ2v) is 6.34. The number of rotatable bonds is 7. The SMILES string of the molecule is O=C(Cc1cccc(F)c1)N(CCc1ccccc1)Cc1ccccc1. The van der Waals surface area contributed by atoms with Crippen molar-refractivity contribution in [1.29, 1.82) is 0 Å². The number of amides is 1. The molecule has 2 nitrogen and oxygen atoms in total. The average molecular weight is 347 g/mol. The summed E-state index contributed by atoms with van der Waals surface area (Å²) in [6.07, 6.45) is 1.00. The van der Waals surface area contributed by atoms with E-state index in [1.807, 2.05) is 53.4 Å². The first-order valence-corrected chi connectivity index (χ1v) is 8.81. The molecule has 3 rings (SSSR count). The van der Waals surface area contributed by atoms with Crippen LogP contribution in [0, 0.1) is 5.82 Å². The van der Waals surface area contributed by atoms with Crippen molar-refractivity contribution in [2.75, 3.05) is 6.54 Å². The number of carbonyl (C=O) groups is 1. The van der Waals surface area contributed by atoms with E-state index in [4.69, 9.17) is 0 Å². The first-order valence-electron chi connectivity index (χ1n) is 8.81. The molecule has 0 bridgehead atoms. The lowest BCUT2D eigenvalue weighted by atomic mass is 10.1. The van der Waals surface area contributed by atoms with Gasteiger partial charge in [-0.1, -0.05) is 72.8 Å². The molecule has 0 saturated heterocycles. The van der Waals surface area contributed by atoms with Crippen LogP contribution in [0.4, 0.5) is 4.39 Å². The van der Waals surface area contributed by atoms with Gasteiger partial charge in [-0.25, -0.2) is 4.39 Å². The molecule has 0 fully saturated rings. The minimum atomic E-state index is -0.311. The Balaban J connectivity index is 1.71. The van der Waals surface area contributed by atoms with Crippen molar-refractivity contribution in [2.24, 2.45) is 0 Å². The van der Waals surface area contributed by atoms with Crippen LogP contribution in [0.25, 0.3) is 0 Å². The molecule has 0 aliphatic rings. The predicted octanol–water partition coefficient (Wildman–Crippen LogP) is 4.64. The van der Waals surface area contributed by atoms with E-state index < -0.39 is 0 Å². The van der Waals surface area contributed by atoms with E-state index >= 15 is 0 Å². The van der Waals surface area contributed by atoms with E-state index in [9.17, 15) is 9.18 Å². The summed E-state index contributed by atoms with van der Waals surface area (Å²) in [5.74, 6) is -0.301. The molecule has 0 N–H and O–H groups in total. The molecule has 0 atom stereocenters. The number of carbonyl (C=O) groups excluding carboxylic acids is 1. The molecule has 0 unspecified atom stereocenters. The fourth-order valence-electron chi connectivity index (χ4n) is 2.94. The zero-order valence-corrected chi connectivity index (χ0v) is 14.6. The fraction of sp³-hybridized carbons (Fsp3) is 0.174. The van der Waals surface area contributed by atoms with Gasteiger partial charge in [-0.2, -0.15) is 0 Å². The minimum absolute atomic E-state index is 0.00961. The lowest BCUT2D eigenvalue weighted by molar-refractivity contribution is -0.131. The summed E-state index contributed by atoms with van der Waals surface area (Å²) in [5.41, 5.74) is 2.99. The van der Waals surface area contributed by atoms with Crippen LogP contribution in [0.3, 0.4) is 0 Å². The maximum absolute atomic E-state index is 13.4. The summed E-state index contributed by atoms with van der Waals surface area (Å²) < 4.78 is 13.4. The summed E-state index contributed by atoms with van der Waals surface area (Å²) >= 11 is 0. The lowest BCUT2D eigenvalue weighted by Crippen LogP contribution is -2.33. The molecular formula is C23H22FNO. The fourth-order valence-corrected chi connectivity index (χ4v) is 2.94. The van der Waals surface area contributed by atoms with Crippen LogP contribution in [0.5, 0.6) is 0 Å². The highest BCUT2D eigenvalue weighted by atomic mass is 19.1. The van der Waals surface area contributed by atoms with Gasteiger partial charge in [0.1, 0.15) is 5.82 Å². The smallest absolute Gasteiger partial charge is 0.227 e. The van der Waals surface area contributed by atoms with E-state index in [1.165, 1.54) is 17.7 Å². The van der Waals surface area contributed by atoms with Gasteiger partial charge in [-0.3, -0.25) is 4.79 Å². The third kappa shape index (κ3) is 5.28. The Labute approximate surface area is 153 Å². The van der Waals surface area contributed by atoms with Gasteiger partial charge in [-0.15, -0.1) is 0 Å². The first kappa shape index (κ1) is 17.9. The monoisotopic (exact) mass is 347 g/mol. The molecule has 132 valence electrons. The molecule has 0 aromatic heterocycles. The molecule has 3 aromatic carbocycles. The van der Waals surface area contributed by atoms with E-state index in [0.29, 0.717) is 18.7 Å². The normalized spacial score (nSPS) is 10.5. The summed E-state index contributed by atoms with van der Waals surface area (Å²) in [5, 5.41) is 0. The molecule has 3 aromatic rings. The van der Waals surface area contributed by atoms with Crippen molar-refractivity contribution < 1.29 is 9.18 Å². The summed E-state index contributed by atoms with van der Waals surface area (Å²) in [6.45, 7) is 1.19. The van der Waals surface area contributed by atoms with Crippen LogP contribution in [0.1, 0.15) is 16.7 Å². The Hall–Kier alpha value is -2.94. The standard InChI is InChI=1S/C23H22FNO/c24-22-13-7-12-21(16-22)17-23(26)25(18-20-10-5-2-6-11-20)15-14-19-8-3-1-4-9-19/h1-13,16H,14-15,17-18H2. The van der Waals surface area contributed by atoms with Gasteiger partial charge >= 0.3 is 0 Å². The maximum Gasteiger partial charge on any atom is 0.227 e. The Morgan fingerprint density at radius 2 is 1.38 bits per heavy atom. The zero-order chi connectivity index (χ0) is 18.2. The van der Waals surface area contributed by atoms with Crippen LogP contribution in [0.2, 0.25) is 0 Å². The van der Waals surface area contributed by atoms with Gasteiger partial charge in [-0.05, 0) is 35.2 Å². The molecular weight excluding hydrogens is 325 g/mol. The Morgan fingerprint density at radius 3 is 2.04 bits per heavy atom. The van der Waals surface area contributed by atoms with Gasteiger partial charge in [0, 0.05) is 13.1 Å². The second kappa shape index (κ2) is 8.95. The van der Waals surface area contributed by atoms with Crippen molar-refractivity contribution in [3.8, 4) is 0 Å². The van der Waals surface area contributed by atoms with E-state index in [1.54, 1.807) is 12.1 Å². The van der Waals surface area contributed by atoms with Crippen molar-refractivity contribution >= 4 is 5.91 Å². The minimum Gasteiger partial charge on any atom is -0.338 e. The largest absolute Gasteiger partial charge is 0.338 e. The van der Waals surface area contributed by atoms with E-state index in [0.717, 1.165) is 12.0 Å². The van der Waals surface area contributed by atoms with E-state index in [2.05, 4.69) is 12.1 Å². The summed E-state index contributed by atoms with van der Waals surface area (Å²) in [7, 11) is 0. The predicted molar refractivity (Wildman–Crippen MR) is 102 cm³/mol. The van der Waals surface area contributed by atoms with Crippen LogP contribution < -0.4 is 0 Å². The molecule has 0 heterocycles. The molecule has 26 heavy (non-hydrogen) atoms. The number of hydrogen-bond acceptors (Lipinski definition) is 1. The Bertz CT molecular complexity index is 833. The van der Waals surface area contributed by atoms with Crippen molar-refractivity contribution in [1.82, 2.24) is 4.90 Å². The molecule has 0 radical (unpaired) electrons.